The Morgan fingerprint density at radius 2 is 1.37 bits per heavy atom. The van der Waals surface area contributed by atoms with E-state index in [2.05, 4.69) is 5.32 Å². The molecule has 0 aromatic heterocycles. The van der Waals surface area contributed by atoms with Crippen LogP contribution in [-0.4, -0.2) is 70.5 Å². The van der Waals surface area contributed by atoms with Crippen molar-refractivity contribution < 1.29 is 30.0 Å². The predicted molar refractivity (Wildman–Crippen MR) is 105 cm³/mol. The lowest BCUT2D eigenvalue weighted by molar-refractivity contribution is -0.127. The van der Waals surface area contributed by atoms with E-state index in [1.54, 1.807) is 6.92 Å². The quantitative estimate of drug-likeness (QED) is 0.226. The number of carbonyl (C=O) groups is 1. The lowest BCUT2D eigenvalue weighted by Gasteiger charge is -2.28. The maximum atomic E-state index is 12.0. The lowest BCUT2D eigenvalue weighted by Crippen LogP contribution is -2.48. The Morgan fingerprint density at radius 1 is 0.852 bits per heavy atom. The van der Waals surface area contributed by atoms with Crippen molar-refractivity contribution in [2.75, 3.05) is 19.8 Å². The fourth-order valence-electron chi connectivity index (χ4n) is 2.91. The third-order valence-corrected chi connectivity index (χ3v) is 4.78. The van der Waals surface area contributed by atoms with Crippen LogP contribution in [0.3, 0.4) is 0 Å². The number of nitrogens with one attached hydrogen (secondary N) is 1. The standard InChI is InChI=1S/C20H41NO6/c1-16(25)19(15-24)27-17(2)18(14-23)21-20(26)12-10-8-6-4-3-5-7-9-11-13-22/h16-19,22-25H,3-15H2,1-2H3,(H,21,26)/t16-,17?,18-,19?/m0/s1. The van der Waals surface area contributed by atoms with Crippen LogP contribution in [0.5, 0.6) is 0 Å². The highest BCUT2D eigenvalue weighted by molar-refractivity contribution is 5.76. The molecule has 7 nitrogen and oxygen atoms in total. The summed E-state index contributed by atoms with van der Waals surface area (Å²) in [5.74, 6) is -0.119. The average Bonchev–Trinajstić information content (AvgIpc) is 2.65. The molecule has 4 atom stereocenters. The van der Waals surface area contributed by atoms with Crippen molar-refractivity contribution in [2.45, 2.75) is 102 Å². The van der Waals surface area contributed by atoms with E-state index in [0.717, 1.165) is 32.1 Å². The molecule has 0 saturated heterocycles. The lowest BCUT2D eigenvalue weighted by atomic mass is 10.1. The van der Waals surface area contributed by atoms with Gasteiger partial charge in [0.25, 0.3) is 0 Å². The Balaban J connectivity index is 3.85. The van der Waals surface area contributed by atoms with Gasteiger partial charge in [-0.05, 0) is 26.7 Å². The van der Waals surface area contributed by atoms with Gasteiger partial charge in [0.2, 0.25) is 5.91 Å². The van der Waals surface area contributed by atoms with Crippen molar-refractivity contribution in [3.63, 3.8) is 0 Å². The molecule has 0 rings (SSSR count). The van der Waals surface area contributed by atoms with Crippen LogP contribution in [0.25, 0.3) is 0 Å². The Kier molecular flexibility index (Phi) is 16.9. The summed E-state index contributed by atoms with van der Waals surface area (Å²) in [6.45, 7) is 2.92. The van der Waals surface area contributed by atoms with Crippen LogP contribution in [0.15, 0.2) is 0 Å². The van der Waals surface area contributed by atoms with E-state index in [9.17, 15) is 20.1 Å². The first-order valence-electron chi connectivity index (χ1n) is 10.4. The summed E-state index contributed by atoms with van der Waals surface area (Å²) >= 11 is 0. The molecule has 0 heterocycles. The molecule has 0 aliphatic rings. The monoisotopic (exact) mass is 391 g/mol. The summed E-state index contributed by atoms with van der Waals surface area (Å²) in [5.41, 5.74) is 0. The van der Waals surface area contributed by atoms with Crippen LogP contribution in [0.4, 0.5) is 0 Å². The molecule has 0 aromatic rings. The first kappa shape index (κ1) is 26.3. The number of rotatable bonds is 18. The normalized spacial score (nSPS) is 15.9. The Labute approximate surface area is 164 Å². The van der Waals surface area contributed by atoms with Gasteiger partial charge in [-0.2, -0.15) is 0 Å². The van der Waals surface area contributed by atoms with E-state index in [0.29, 0.717) is 6.42 Å². The highest BCUT2D eigenvalue weighted by Crippen LogP contribution is 2.11. The molecule has 0 aliphatic heterocycles. The van der Waals surface area contributed by atoms with Crippen LogP contribution in [0.2, 0.25) is 0 Å². The molecular weight excluding hydrogens is 350 g/mol. The topological polar surface area (TPSA) is 119 Å². The van der Waals surface area contributed by atoms with Crippen molar-refractivity contribution >= 4 is 5.91 Å². The third kappa shape index (κ3) is 14.0. The Hall–Kier alpha value is -0.730. The number of aliphatic hydroxyl groups is 4. The Bertz CT molecular complexity index is 353. The van der Waals surface area contributed by atoms with Gasteiger partial charge in [0.1, 0.15) is 6.10 Å². The van der Waals surface area contributed by atoms with Crippen LogP contribution in [-0.2, 0) is 9.53 Å². The van der Waals surface area contributed by atoms with Crippen molar-refractivity contribution in [3.05, 3.63) is 0 Å². The number of aliphatic hydroxyl groups excluding tert-OH is 4. The van der Waals surface area contributed by atoms with Gasteiger partial charge in [-0.25, -0.2) is 0 Å². The summed E-state index contributed by atoms with van der Waals surface area (Å²) < 4.78 is 5.53. The number of amides is 1. The fraction of sp³-hybridized carbons (Fsp3) is 0.950. The minimum Gasteiger partial charge on any atom is -0.396 e. The third-order valence-electron chi connectivity index (χ3n) is 4.78. The van der Waals surface area contributed by atoms with Gasteiger partial charge in [-0.1, -0.05) is 44.9 Å². The van der Waals surface area contributed by atoms with E-state index in [1.165, 1.54) is 32.6 Å². The second-order valence-corrected chi connectivity index (χ2v) is 7.31. The molecule has 0 bridgehead atoms. The van der Waals surface area contributed by atoms with Crippen molar-refractivity contribution in [1.29, 1.82) is 0 Å². The zero-order valence-electron chi connectivity index (χ0n) is 17.1. The number of ether oxygens (including phenoxy) is 1. The minimum absolute atomic E-state index is 0.119. The van der Waals surface area contributed by atoms with E-state index in [1.807, 2.05) is 0 Å². The summed E-state index contributed by atoms with van der Waals surface area (Å²) in [4.78, 5) is 12.0. The molecule has 0 fully saturated rings. The zero-order chi connectivity index (χ0) is 20.5. The molecule has 1 amide bonds. The number of carbonyl (C=O) groups excluding carboxylic acids is 1. The number of unbranched alkanes of at least 4 members (excludes halogenated alkanes) is 8. The molecule has 0 aromatic carbocycles. The maximum Gasteiger partial charge on any atom is 0.220 e. The molecule has 0 radical (unpaired) electrons. The smallest absolute Gasteiger partial charge is 0.220 e. The predicted octanol–water partition coefficient (Wildman–Crippen LogP) is 1.50. The number of hydrogen-bond acceptors (Lipinski definition) is 6. The summed E-state index contributed by atoms with van der Waals surface area (Å²) in [5, 5.41) is 39.7. The van der Waals surface area contributed by atoms with E-state index in [-0.39, 0.29) is 25.7 Å². The fourth-order valence-corrected chi connectivity index (χ4v) is 2.91. The van der Waals surface area contributed by atoms with Gasteiger partial charge >= 0.3 is 0 Å². The van der Waals surface area contributed by atoms with E-state index >= 15 is 0 Å². The number of hydrogen-bond donors (Lipinski definition) is 5. The maximum absolute atomic E-state index is 12.0. The van der Waals surface area contributed by atoms with E-state index in [4.69, 9.17) is 9.84 Å². The van der Waals surface area contributed by atoms with Crippen molar-refractivity contribution in [3.8, 4) is 0 Å². The van der Waals surface area contributed by atoms with Crippen molar-refractivity contribution in [1.82, 2.24) is 5.32 Å². The summed E-state index contributed by atoms with van der Waals surface area (Å²) in [6.07, 6.45) is 8.02. The highest BCUT2D eigenvalue weighted by atomic mass is 16.5. The van der Waals surface area contributed by atoms with Crippen LogP contribution >= 0.6 is 0 Å². The molecule has 0 saturated carbocycles. The van der Waals surface area contributed by atoms with Gasteiger partial charge < -0.3 is 30.5 Å². The molecule has 5 N–H and O–H groups in total. The first-order valence-corrected chi connectivity index (χ1v) is 10.4. The van der Waals surface area contributed by atoms with Gasteiger partial charge in [0, 0.05) is 13.0 Å². The molecule has 7 heteroatoms. The Morgan fingerprint density at radius 3 is 1.81 bits per heavy atom. The zero-order valence-corrected chi connectivity index (χ0v) is 17.1. The van der Waals surface area contributed by atoms with Crippen LogP contribution < -0.4 is 5.32 Å². The second-order valence-electron chi connectivity index (χ2n) is 7.31. The molecule has 0 aliphatic carbocycles. The largest absolute Gasteiger partial charge is 0.396 e. The van der Waals surface area contributed by atoms with Gasteiger partial charge in [-0.3, -0.25) is 4.79 Å². The average molecular weight is 392 g/mol. The molecular formula is C20H41NO6. The molecule has 27 heavy (non-hydrogen) atoms. The summed E-state index contributed by atoms with van der Waals surface area (Å²) in [7, 11) is 0. The first-order chi connectivity index (χ1) is 13.0. The molecule has 2 unspecified atom stereocenters. The second kappa shape index (κ2) is 17.4. The van der Waals surface area contributed by atoms with Crippen LogP contribution in [0.1, 0.15) is 78.1 Å². The summed E-state index contributed by atoms with van der Waals surface area (Å²) in [6, 6.07) is -0.566. The highest BCUT2D eigenvalue weighted by Gasteiger charge is 2.24. The van der Waals surface area contributed by atoms with Crippen LogP contribution in [0, 0.1) is 0 Å². The van der Waals surface area contributed by atoms with Gasteiger partial charge in [-0.15, -0.1) is 0 Å². The molecule has 162 valence electrons. The SMILES string of the molecule is CC(OC(CO)[C@H](C)O)[C@H](CO)NC(=O)CCCCCCCCCCCO. The molecule has 0 spiro atoms. The van der Waals surface area contributed by atoms with E-state index < -0.39 is 24.4 Å². The minimum atomic E-state index is -0.831. The van der Waals surface area contributed by atoms with Gasteiger partial charge in [0.15, 0.2) is 0 Å². The van der Waals surface area contributed by atoms with Crippen molar-refractivity contribution in [2.24, 2.45) is 0 Å². The van der Waals surface area contributed by atoms with Gasteiger partial charge in [0.05, 0.1) is 31.5 Å².